The highest BCUT2D eigenvalue weighted by atomic mass is 16.3. The zero-order valence-electron chi connectivity index (χ0n) is 8.90. The normalized spacial score (nSPS) is 12.7. The van der Waals surface area contributed by atoms with E-state index < -0.39 is 0 Å². The fourth-order valence-corrected chi connectivity index (χ4v) is 1.56. The van der Waals surface area contributed by atoms with Crippen LogP contribution >= 0.6 is 0 Å². The molecule has 0 fully saturated rings. The Morgan fingerprint density at radius 2 is 2.07 bits per heavy atom. The van der Waals surface area contributed by atoms with Gasteiger partial charge in [-0.2, -0.15) is 0 Å². The highest BCUT2D eigenvalue weighted by Crippen LogP contribution is 2.22. The van der Waals surface area contributed by atoms with Gasteiger partial charge in [-0.15, -0.1) is 0 Å². The Hall–Kier alpha value is -1.61. The van der Waals surface area contributed by atoms with Crippen molar-refractivity contribution < 1.29 is 4.42 Å². The summed E-state index contributed by atoms with van der Waals surface area (Å²) < 4.78 is 5.23. The second-order valence-electron chi connectivity index (χ2n) is 3.64. The lowest BCUT2D eigenvalue weighted by molar-refractivity contribution is 0.527. The lowest BCUT2D eigenvalue weighted by Crippen LogP contribution is -2.12. The molecule has 0 aromatic carbocycles. The molecular formula is C12H14N2O. The topological polar surface area (TPSA) is 52.0 Å². The van der Waals surface area contributed by atoms with E-state index in [0.29, 0.717) is 0 Å². The van der Waals surface area contributed by atoms with Crippen molar-refractivity contribution in [2.75, 3.05) is 0 Å². The Balaban J connectivity index is 2.32. The number of hydrogen-bond acceptors (Lipinski definition) is 3. The molecule has 0 aliphatic rings. The average molecular weight is 202 g/mol. The molecule has 2 aromatic rings. The molecule has 3 heteroatoms. The van der Waals surface area contributed by atoms with Crippen molar-refractivity contribution in [3.63, 3.8) is 0 Å². The first-order valence-corrected chi connectivity index (χ1v) is 4.90. The highest BCUT2D eigenvalue weighted by molar-refractivity contribution is 5.31. The number of pyridine rings is 1. The zero-order chi connectivity index (χ0) is 10.8. The van der Waals surface area contributed by atoms with E-state index in [1.54, 1.807) is 6.26 Å². The Kier molecular flexibility index (Phi) is 2.56. The molecule has 2 heterocycles. The molecule has 0 aliphatic heterocycles. The van der Waals surface area contributed by atoms with Gasteiger partial charge >= 0.3 is 0 Å². The van der Waals surface area contributed by atoms with Crippen LogP contribution in [0.2, 0.25) is 0 Å². The van der Waals surface area contributed by atoms with Crippen LogP contribution in [0.15, 0.2) is 35.1 Å². The number of hydrogen-bond donors (Lipinski definition) is 1. The third kappa shape index (κ3) is 1.92. The summed E-state index contributed by atoms with van der Waals surface area (Å²) in [5, 5.41) is 0. The van der Waals surface area contributed by atoms with Crippen molar-refractivity contribution >= 4 is 0 Å². The minimum atomic E-state index is -0.156. The first-order valence-electron chi connectivity index (χ1n) is 4.90. The van der Waals surface area contributed by atoms with Gasteiger partial charge in [0.25, 0.3) is 0 Å². The minimum absolute atomic E-state index is 0.156. The largest absolute Gasteiger partial charge is 0.469 e. The van der Waals surface area contributed by atoms with Crippen LogP contribution in [-0.2, 0) is 0 Å². The van der Waals surface area contributed by atoms with Gasteiger partial charge in [0.05, 0.1) is 12.3 Å². The molecule has 2 rings (SSSR count). The average Bonchev–Trinajstić information content (AvgIpc) is 2.65. The van der Waals surface area contributed by atoms with Crippen LogP contribution in [0, 0.1) is 13.8 Å². The van der Waals surface area contributed by atoms with E-state index in [-0.39, 0.29) is 6.04 Å². The molecule has 78 valence electrons. The number of aromatic nitrogens is 1. The second-order valence-corrected chi connectivity index (χ2v) is 3.64. The van der Waals surface area contributed by atoms with Crippen LogP contribution in [0.3, 0.4) is 0 Å². The summed E-state index contributed by atoms with van der Waals surface area (Å²) in [6.45, 7) is 3.87. The van der Waals surface area contributed by atoms with E-state index in [2.05, 4.69) is 4.98 Å². The van der Waals surface area contributed by atoms with Crippen LogP contribution < -0.4 is 5.73 Å². The van der Waals surface area contributed by atoms with Crippen LogP contribution in [0.25, 0.3) is 0 Å². The van der Waals surface area contributed by atoms with Gasteiger partial charge in [-0.25, -0.2) is 0 Å². The summed E-state index contributed by atoms with van der Waals surface area (Å²) in [7, 11) is 0. The predicted molar refractivity (Wildman–Crippen MR) is 58.4 cm³/mol. The Morgan fingerprint density at radius 1 is 1.27 bits per heavy atom. The van der Waals surface area contributed by atoms with E-state index in [9.17, 15) is 0 Å². The van der Waals surface area contributed by atoms with Crippen LogP contribution in [0.5, 0.6) is 0 Å². The summed E-state index contributed by atoms with van der Waals surface area (Å²) in [5.74, 6) is 0.864. The maximum Gasteiger partial charge on any atom is 0.105 e. The van der Waals surface area contributed by atoms with Crippen LogP contribution in [0.1, 0.15) is 28.6 Å². The Bertz CT molecular complexity index is 445. The quantitative estimate of drug-likeness (QED) is 0.813. The van der Waals surface area contributed by atoms with Gasteiger partial charge < -0.3 is 10.2 Å². The van der Waals surface area contributed by atoms with Crippen molar-refractivity contribution in [2.45, 2.75) is 19.9 Å². The van der Waals surface area contributed by atoms with Gasteiger partial charge in [-0.05, 0) is 31.5 Å². The van der Waals surface area contributed by atoms with Gasteiger partial charge in [0.2, 0.25) is 0 Å². The van der Waals surface area contributed by atoms with E-state index in [0.717, 1.165) is 22.6 Å². The molecule has 0 saturated carbocycles. The monoisotopic (exact) mass is 202 g/mol. The van der Waals surface area contributed by atoms with E-state index in [1.807, 2.05) is 38.2 Å². The molecule has 3 nitrogen and oxygen atoms in total. The lowest BCUT2D eigenvalue weighted by atomic mass is 10.0. The second kappa shape index (κ2) is 3.87. The number of aryl methyl sites for hydroxylation is 2. The SMILES string of the molecule is Cc1ccc(C(N)c2ccoc2C)cn1. The van der Waals surface area contributed by atoms with Gasteiger partial charge in [0.15, 0.2) is 0 Å². The third-order valence-corrected chi connectivity index (χ3v) is 2.53. The van der Waals surface area contributed by atoms with Gasteiger partial charge in [-0.3, -0.25) is 4.98 Å². The summed E-state index contributed by atoms with van der Waals surface area (Å²) >= 11 is 0. The maximum atomic E-state index is 6.11. The van der Waals surface area contributed by atoms with E-state index in [1.165, 1.54) is 0 Å². The van der Waals surface area contributed by atoms with E-state index >= 15 is 0 Å². The molecule has 2 aromatic heterocycles. The lowest BCUT2D eigenvalue weighted by Gasteiger charge is -2.10. The molecule has 0 saturated heterocycles. The van der Waals surface area contributed by atoms with Crippen LogP contribution in [0.4, 0.5) is 0 Å². The van der Waals surface area contributed by atoms with Crippen molar-refractivity contribution in [1.82, 2.24) is 4.98 Å². The van der Waals surface area contributed by atoms with Crippen molar-refractivity contribution in [2.24, 2.45) is 5.73 Å². The Labute approximate surface area is 88.9 Å². The zero-order valence-corrected chi connectivity index (χ0v) is 8.90. The number of furan rings is 1. The molecule has 15 heavy (non-hydrogen) atoms. The molecule has 0 bridgehead atoms. The summed E-state index contributed by atoms with van der Waals surface area (Å²) in [4.78, 5) is 4.23. The predicted octanol–water partition coefficient (Wildman–Crippen LogP) is 2.34. The number of nitrogens with zero attached hydrogens (tertiary/aromatic N) is 1. The fraction of sp³-hybridized carbons (Fsp3) is 0.250. The molecule has 0 radical (unpaired) electrons. The molecule has 1 atom stereocenters. The first-order chi connectivity index (χ1) is 7.18. The first kappa shape index (κ1) is 9.93. The minimum Gasteiger partial charge on any atom is -0.469 e. The number of nitrogens with two attached hydrogens (primary N) is 1. The summed E-state index contributed by atoms with van der Waals surface area (Å²) in [5.41, 5.74) is 9.13. The summed E-state index contributed by atoms with van der Waals surface area (Å²) in [6, 6.07) is 5.71. The summed E-state index contributed by atoms with van der Waals surface area (Å²) in [6.07, 6.45) is 3.47. The smallest absolute Gasteiger partial charge is 0.105 e. The third-order valence-electron chi connectivity index (χ3n) is 2.53. The fourth-order valence-electron chi connectivity index (χ4n) is 1.56. The van der Waals surface area contributed by atoms with Crippen LogP contribution in [-0.4, -0.2) is 4.98 Å². The molecule has 0 amide bonds. The van der Waals surface area contributed by atoms with Gasteiger partial charge in [-0.1, -0.05) is 6.07 Å². The van der Waals surface area contributed by atoms with E-state index in [4.69, 9.17) is 10.2 Å². The maximum absolute atomic E-state index is 6.11. The van der Waals surface area contributed by atoms with Gasteiger partial charge in [0, 0.05) is 17.5 Å². The van der Waals surface area contributed by atoms with Gasteiger partial charge in [0.1, 0.15) is 5.76 Å². The molecule has 1 unspecified atom stereocenters. The van der Waals surface area contributed by atoms with Crippen molar-refractivity contribution in [3.05, 3.63) is 53.2 Å². The van der Waals surface area contributed by atoms with Crippen molar-refractivity contribution in [1.29, 1.82) is 0 Å². The molecule has 0 aliphatic carbocycles. The highest BCUT2D eigenvalue weighted by Gasteiger charge is 2.13. The molecule has 0 spiro atoms. The molecule has 2 N–H and O–H groups in total. The number of rotatable bonds is 2. The van der Waals surface area contributed by atoms with Crippen molar-refractivity contribution in [3.8, 4) is 0 Å². The molecular weight excluding hydrogens is 188 g/mol. The standard InChI is InChI=1S/C12H14N2O/c1-8-3-4-10(7-14-8)12(13)11-5-6-15-9(11)2/h3-7,12H,13H2,1-2H3. The Morgan fingerprint density at radius 3 is 2.60 bits per heavy atom.